The second-order valence-electron chi connectivity index (χ2n) is 5.47. The zero-order valence-electron chi connectivity index (χ0n) is 12.0. The van der Waals surface area contributed by atoms with Crippen LogP contribution in [-0.2, 0) is 13.0 Å². The molecule has 0 bridgehead atoms. The first-order chi connectivity index (χ1) is 10.3. The van der Waals surface area contributed by atoms with Gasteiger partial charge in [0, 0.05) is 24.6 Å². The lowest BCUT2D eigenvalue weighted by Gasteiger charge is -2.13. The van der Waals surface area contributed by atoms with E-state index in [4.69, 9.17) is 16.3 Å². The summed E-state index contributed by atoms with van der Waals surface area (Å²) in [5, 5.41) is 4.20. The molecule has 3 heteroatoms. The number of benzene rings is 2. The maximum atomic E-state index is 6.29. The van der Waals surface area contributed by atoms with Crippen LogP contribution >= 0.6 is 11.6 Å². The SMILES string of the molecule is Clc1cccc(CNC2CC2)c1OCCc1ccccc1. The molecule has 0 unspecified atom stereocenters. The van der Waals surface area contributed by atoms with Crippen LogP contribution in [0.25, 0.3) is 0 Å². The number of hydrogen-bond donors (Lipinski definition) is 1. The molecule has 0 saturated heterocycles. The molecule has 21 heavy (non-hydrogen) atoms. The van der Waals surface area contributed by atoms with Gasteiger partial charge in [0.1, 0.15) is 5.75 Å². The Labute approximate surface area is 131 Å². The Bertz CT molecular complexity index is 581. The summed E-state index contributed by atoms with van der Waals surface area (Å²) in [5.41, 5.74) is 2.42. The number of ether oxygens (including phenoxy) is 1. The van der Waals surface area contributed by atoms with Crippen LogP contribution in [0, 0.1) is 0 Å². The number of halogens is 1. The minimum absolute atomic E-state index is 0.643. The largest absolute Gasteiger partial charge is 0.491 e. The molecule has 1 saturated carbocycles. The Morgan fingerprint density at radius 3 is 2.62 bits per heavy atom. The zero-order valence-corrected chi connectivity index (χ0v) is 12.8. The van der Waals surface area contributed by atoms with E-state index in [1.807, 2.05) is 18.2 Å². The molecule has 0 aliphatic heterocycles. The van der Waals surface area contributed by atoms with Gasteiger partial charge in [-0.3, -0.25) is 0 Å². The molecule has 0 atom stereocenters. The highest BCUT2D eigenvalue weighted by Gasteiger charge is 2.21. The fraction of sp³-hybridized carbons (Fsp3) is 0.333. The third-order valence-corrected chi connectivity index (χ3v) is 3.98. The van der Waals surface area contributed by atoms with Gasteiger partial charge < -0.3 is 10.1 Å². The summed E-state index contributed by atoms with van der Waals surface area (Å²) in [5.74, 6) is 0.822. The molecular weight excluding hydrogens is 282 g/mol. The Morgan fingerprint density at radius 2 is 1.86 bits per heavy atom. The molecule has 1 N–H and O–H groups in total. The molecule has 1 aliphatic rings. The summed E-state index contributed by atoms with van der Waals surface area (Å²) in [7, 11) is 0. The average Bonchev–Trinajstić information content (AvgIpc) is 3.33. The molecule has 1 aliphatic carbocycles. The van der Waals surface area contributed by atoms with E-state index in [1.54, 1.807) is 0 Å². The Kier molecular flexibility index (Phi) is 4.79. The second kappa shape index (κ2) is 6.97. The van der Waals surface area contributed by atoms with Gasteiger partial charge in [-0.2, -0.15) is 0 Å². The summed E-state index contributed by atoms with van der Waals surface area (Å²) >= 11 is 6.29. The normalized spacial score (nSPS) is 14.1. The standard InChI is InChI=1S/C18H20ClNO/c19-17-8-4-7-15(13-20-16-9-10-16)18(17)21-12-11-14-5-2-1-3-6-14/h1-8,16,20H,9-13H2. The third kappa shape index (κ3) is 4.23. The van der Waals surface area contributed by atoms with Crippen molar-refractivity contribution < 1.29 is 4.74 Å². The smallest absolute Gasteiger partial charge is 0.142 e. The van der Waals surface area contributed by atoms with Gasteiger partial charge in [0.25, 0.3) is 0 Å². The number of rotatable bonds is 7. The Morgan fingerprint density at radius 1 is 1.05 bits per heavy atom. The molecule has 110 valence electrons. The van der Waals surface area contributed by atoms with Crippen molar-refractivity contribution in [2.45, 2.75) is 31.8 Å². The van der Waals surface area contributed by atoms with Crippen molar-refractivity contribution in [1.29, 1.82) is 0 Å². The minimum Gasteiger partial charge on any atom is -0.491 e. The van der Waals surface area contributed by atoms with E-state index in [0.29, 0.717) is 17.7 Å². The first kappa shape index (κ1) is 14.4. The summed E-state index contributed by atoms with van der Waals surface area (Å²) in [6.07, 6.45) is 3.46. The van der Waals surface area contributed by atoms with Crippen LogP contribution in [0.3, 0.4) is 0 Å². The molecular formula is C18H20ClNO. The van der Waals surface area contributed by atoms with Crippen molar-refractivity contribution in [3.05, 3.63) is 64.7 Å². The van der Waals surface area contributed by atoms with Gasteiger partial charge in [-0.15, -0.1) is 0 Å². The maximum absolute atomic E-state index is 6.29. The lowest BCUT2D eigenvalue weighted by atomic mass is 10.1. The van der Waals surface area contributed by atoms with E-state index in [0.717, 1.165) is 24.3 Å². The summed E-state index contributed by atoms with van der Waals surface area (Å²) in [4.78, 5) is 0. The molecule has 2 aromatic rings. The van der Waals surface area contributed by atoms with Crippen LogP contribution in [0.1, 0.15) is 24.0 Å². The molecule has 2 aromatic carbocycles. The fourth-order valence-corrected chi connectivity index (χ4v) is 2.56. The zero-order chi connectivity index (χ0) is 14.5. The molecule has 0 heterocycles. The van der Waals surface area contributed by atoms with Crippen molar-refractivity contribution in [1.82, 2.24) is 5.32 Å². The molecule has 2 nitrogen and oxygen atoms in total. The third-order valence-electron chi connectivity index (χ3n) is 3.69. The van der Waals surface area contributed by atoms with E-state index in [2.05, 4.69) is 35.6 Å². The van der Waals surface area contributed by atoms with Crippen LogP contribution in [0.15, 0.2) is 48.5 Å². The fourth-order valence-electron chi connectivity index (χ4n) is 2.31. The topological polar surface area (TPSA) is 21.3 Å². The molecule has 0 radical (unpaired) electrons. The van der Waals surface area contributed by atoms with E-state index < -0.39 is 0 Å². The van der Waals surface area contributed by atoms with Crippen LogP contribution in [-0.4, -0.2) is 12.6 Å². The number of para-hydroxylation sites is 1. The molecule has 0 amide bonds. The maximum Gasteiger partial charge on any atom is 0.142 e. The lowest BCUT2D eigenvalue weighted by Crippen LogP contribution is -2.16. The highest BCUT2D eigenvalue weighted by atomic mass is 35.5. The lowest BCUT2D eigenvalue weighted by molar-refractivity contribution is 0.318. The quantitative estimate of drug-likeness (QED) is 0.827. The van der Waals surface area contributed by atoms with E-state index in [1.165, 1.54) is 18.4 Å². The highest BCUT2D eigenvalue weighted by Crippen LogP contribution is 2.29. The monoisotopic (exact) mass is 301 g/mol. The first-order valence-corrected chi connectivity index (χ1v) is 7.88. The first-order valence-electron chi connectivity index (χ1n) is 7.50. The number of hydrogen-bond acceptors (Lipinski definition) is 2. The minimum atomic E-state index is 0.643. The van der Waals surface area contributed by atoms with Crippen LogP contribution < -0.4 is 10.1 Å². The van der Waals surface area contributed by atoms with Gasteiger partial charge in [-0.25, -0.2) is 0 Å². The van der Waals surface area contributed by atoms with Crippen molar-refractivity contribution in [2.24, 2.45) is 0 Å². The van der Waals surface area contributed by atoms with E-state index >= 15 is 0 Å². The second-order valence-corrected chi connectivity index (χ2v) is 5.87. The molecule has 1 fully saturated rings. The van der Waals surface area contributed by atoms with Gasteiger partial charge in [0.15, 0.2) is 0 Å². The summed E-state index contributed by atoms with van der Waals surface area (Å²) < 4.78 is 5.95. The van der Waals surface area contributed by atoms with Gasteiger partial charge in [-0.05, 0) is 24.5 Å². The highest BCUT2D eigenvalue weighted by molar-refractivity contribution is 6.32. The van der Waals surface area contributed by atoms with Crippen molar-refractivity contribution >= 4 is 11.6 Å². The average molecular weight is 302 g/mol. The molecule has 0 aromatic heterocycles. The van der Waals surface area contributed by atoms with Gasteiger partial charge in [-0.1, -0.05) is 54.1 Å². The summed E-state index contributed by atoms with van der Waals surface area (Å²) in [6.45, 7) is 1.47. The van der Waals surface area contributed by atoms with Gasteiger partial charge >= 0.3 is 0 Å². The Hall–Kier alpha value is -1.51. The van der Waals surface area contributed by atoms with Crippen molar-refractivity contribution in [3.63, 3.8) is 0 Å². The van der Waals surface area contributed by atoms with Crippen molar-refractivity contribution in [3.8, 4) is 5.75 Å². The van der Waals surface area contributed by atoms with Crippen LogP contribution in [0.4, 0.5) is 0 Å². The molecule has 0 spiro atoms. The van der Waals surface area contributed by atoms with Gasteiger partial charge in [0.05, 0.1) is 11.6 Å². The van der Waals surface area contributed by atoms with Crippen molar-refractivity contribution in [2.75, 3.05) is 6.61 Å². The molecule has 3 rings (SSSR count). The Balaban J connectivity index is 1.60. The van der Waals surface area contributed by atoms with E-state index in [-0.39, 0.29) is 0 Å². The predicted molar refractivity (Wildman–Crippen MR) is 87.0 cm³/mol. The van der Waals surface area contributed by atoms with Crippen LogP contribution in [0.5, 0.6) is 5.75 Å². The summed E-state index contributed by atoms with van der Waals surface area (Å²) in [6, 6.07) is 17.0. The van der Waals surface area contributed by atoms with E-state index in [9.17, 15) is 0 Å². The number of nitrogens with one attached hydrogen (secondary N) is 1. The predicted octanol–water partition coefficient (Wildman–Crippen LogP) is 4.21. The van der Waals surface area contributed by atoms with Crippen LogP contribution in [0.2, 0.25) is 5.02 Å². The van der Waals surface area contributed by atoms with Gasteiger partial charge in [0.2, 0.25) is 0 Å².